The number of nitrogens with one attached hydrogen (secondary N) is 2. The topological polar surface area (TPSA) is 113 Å². The Bertz CT molecular complexity index is 1390. The van der Waals surface area contributed by atoms with Crippen LogP contribution in [-0.2, 0) is 22.4 Å². The van der Waals surface area contributed by atoms with Crippen LogP contribution < -0.4 is 20.2 Å². The standard InChI is InChI=1S/C26H20BrF3N4O4/c1-37-22-10-18(9-21(27)25(22)38-15-17-7-5-16(13-31)6-8-17)14-32-34-24(36)12-23(35)33-20-4-2-3-19(11-20)26(28,29)30/h2-11,14H,12,15H2,1H3,(H,33,35)(H,34,36). The van der Waals surface area contributed by atoms with E-state index in [9.17, 15) is 22.8 Å². The number of alkyl halides is 3. The van der Waals surface area contributed by atoms with Gasteiger partial charge in [-0.15, -0.1) is 0 Å². The molecule has 8 nitrogen and oxygen atoms in total. The van der Waals surface area contributed by atoms with Gasteiger partial charge in [0.05, 0.1) is 35.0 Å². The zero-order valence-electron chi connectivity index (χ0n) is 19.8. The minimum Gasteiger partial charge on any atom is -0.493 e. The first-order valence-corrected chi connectivity index (χ1v) is 11.7. The van der Waals surface area contributed by atoms with Crippen LogP contribution in [0, 0.1) is 11.3 Å². The lowest BCUT2D eigenvalue weighted by molar-refractivity contribution is -0.137. The molecule has 0 aliphatic carbocycles. The van der Waals surface area contributed by atoms with Gasteiger partial charge in [0.15, 0.2) is 11.5 Å². The van der Waals surface area contributed by atoms with Gasteiger partial charge in [0.2, 0.25) is 11.8 Å². The molecule has 38 heavy (non-hydrogen) atoms. The van der Waals surface area contributed by atoms with Crippen molar-refractivity contribution >= 4 is 39.6 Å². The van der Waals surface area contributed by atoms with E-state index in [-0.39, 0.29) is 12.3 Å². The van der Waals surface area contributed by atoms with Gasteiger partial charge in [-0.3, -0.25) is 9.59 Å². The fourth-order valence-corrected chi connectivity index (χ4v) is 3.70. The number of hydrogen-bond acceptors (Lipinski definition) is 6. The second kappa shape index (κ2) is 12.7. The molecule has 0 radical (unpaired) electrons. The van der Waals surface area contributed by atoms with Gasteiger partial charge in [0, 0.05) is 5.69 Å². The van der Waals surface area contributed by atoms with Crippen LogP contribution in [0.1, 0.15) is 28.7 Å². The first-order valence-electron chi connectivity index (χ1n) is 10.9. The average Bonchev–Trinajstić information content (AvgIpc) is 2.87. The molecular weight excluding hydrogens is 569 g/mol. The number of halogens is 4. The molecule has 0 bridgehead atoms. The van der Waals surface area contributed by atoms with E-state index in [1.807, 2.05) is 6.07 Å². The monoisotopic (exact) mass is 588 g/mol. The highest BCUT2D eigenvalue weighted by Crippen LogP contribution is 2.37. The number of nitrogens with zero attached hydrogens (tertiary/aromatic N) is 2. The second-order valence-corrected chi connectivity index (χ2v) is 8.58. The largest absolute Gasteiger partial charge is 0.493 e. The number of nitriles is 1. The van der Waals surface area contributed by atoms with Crippen molar-refractivity contribution < 1.29 is 32.2 Å². The summed E-state index contributed by atoms with van der Waals surface area (Å²) in [5.74, 6) is -0.741. The number of ether oxygens (including phenoxy) is 2. The first kappa shape index (κ1) is 28.2. The fraction of sp³-hybridized carbons (Fsp3) is 0.154. The zero-order chi connectivity index (χ0) is 27.7. The van der Waals surface area contributed by atoms with E-state index in [0.29, 0.717) is 27.1 Å². The summed E-state index contributed by atoms with van der Waals surface area (Å²) in [5, 5.41) is 15.0. The Hall–Kier alpha value is -4.37. The maximum absolute atomic E-state index is 12.8. The van der Waals surface area contributed by atoms with E-state index in [2.05, 4.69) is 31.8 Å². The third-order valence-electron chi connectivity index (χ3n) is 4.92. The molecule has 0 aliphatic heterocycles. The Morgan fingerprint density at radius 3 is 2.50 bits per heavy atom. The highest BCUT2D eigenvalue weighted by Gasteiger charge is 2.30. The predicted octanol–water partition coefficient (Wildman–Crippen LogP) is 5.41. The van der Waals surface area contributed by atoms with Gasteiger partial charge in [0.1, 0.15) is 13.0 Å². The molecule has 0 spiro atoms. The Morgan fingerprint density at radius 1 is 1.11 bits per heavy atom. The van der Waals surface area contributed by atoms with Crippen molar-refractivity contribution in [3.8, 4) is 17.6 Å². The van der Waals surface area contributed by atoms with Crippen molar-refractivity contribution in [3.05, 3.63) is 87.4 Å². The molecule has 0 aromatic heterocycles. The van der Waals surface area contributed by atoms with Gasteiger partial charge < -0.3 is 14.8 Å². The van der Waals surface area contributed by atoms with Crippen molar-refractivity contribution in [2.45, 2.75) is 19.2 Å². The summed E-state index contributed by atoms with van der Waals surface area (Å²) in [5.41, 5.74) is 3.11. The van der Waals surface area contributed by atoms with Crippen molar-refractivity contribution in [2.75, 3.05) is 12.4 Å². The van der Waals surface area contributed by atoms with E-state index in [1.165, 1.54) is 19.4 Å². The van der Waals surface area contributed by atoms with E-state index in [0.717, 1.165) is 23.8 Å². The molecule has 2 N–H and O–H groups in total. The summed E-state index contributed by atoms with van der Waals surface area (Å²) >= 11 is 3.42. The molecular formula is C26H20BrF3N4O4. The molecule has 196 valence electrons. The number of benzene rings is 3. The maximum atomic E-state index is 12.8. The number of amides is 2. The molecule has 0 atom stereocenters. The molecule has 3 aromatic rings. The maximum Gasteiger partial charge on any atom is 0.416 e. The molecule has 3 aromatic carbocycles. The molecule has 0 saturated heterocycles. The van der Waals surface area contributed by atoms with E-state index < -0.39 is 30.0 Å². The lowest BCUT2D eigenvalue weighted by Gasteiger charge is -2.13. The fourth-order valence-electron chi connectivity index (χ4n) is 3.13. The van der Waals surface area contributed by atoms with Crippen molar-refractivity contribution in [2.24, 2.45) is 5.10 Å². The summed E-state index contributed by atoms with van der Waals surface area (Å²) < 4.78 is 50.2. The Kier molecular flexibility index (Phi) is 9.45. The number of carbonyl (C=O) groups excluding carboxylic acids is 2. The third kappa shape index (κ3) is 8.07. The van der Waals surface area contributed by atoms with Crippen molar-refractivity contribution in [1.29, 1.82) is 5.26 Å². The van der Waals surface area contributed by atoms with Crippen LogP contribution in [0.3, 0.4) is 0 Å². The molecule has 0 aliphatic rings. The van der Waals surface area contributed by atoms with Crippen LogP contribution in [0.2, 0.25) is 0 Å². The van der Waals surface area contributed by atoms with E-state index >= 15 is 0 Å². The Balaban J connectivity index is 1.56. The number of rotatable bonds is 9. The smallest absolute Gasteiger partial charge is 0.416 e. The minimum atomic E-state index is -4.56. The third-order valence-corrected chi connectivity index (χ3v) is 5.50. The van der Waals surface area contributed by atoms with Crippen molar-refractivity contribution in [1.82, 2.24) is 5.43 Å². The van der Waals surface area contributed by atoms with E-state index in [1.54, 1.807) is 36.4 Å². The molecule has 12 heteroatoms. The Labute approximate surface area is 224 Å². The molecule has 0 saturated carbocycles. The molecule has 0 heterocycles. The normalized spacial score (nSPS) is 11.1. The zero-order valence-corrected chi connectivity index (χ0v) is 21.4. The second-order valence-electron chi connectivity index (χ2n) is 7.73. The van der Waals surface area contributed by atoms with Crippen LogP contribution >= 0.6 is 15.9 Å². The van der Waals surface area contributed by atoms with Crippen LogP contribution in [0.15, 0.2) is 70.2 Å². The molecule has 0 fully saturated rings. The molecule has 3 rings (SSSR count). The lowest BCUT2D eigenvalue weighted by Crippen LogP contribution is -2.24. The predicted molar refractivity (Wildman–Crippen MR) is 137 cm³/mol. The van der Waals surface area contributed by atoms with Crippen LogP contribution in [0.4, 0.5) is 18.9 Å². The quantitative estimate of drug-likeness (QED) is 0.197. The highest BCUT2D eigenvalue weighted by molar-refractivity contribution is 9.10. The van der Waals surface area contributed by atoms with Gasteiger partial charge in [0.25, 0.3) is 0 Å². The van der Waals surface area contributed by atoms with Gasteiger partial charge in [-0.1, -0.05) is 18.2 Å². The number of hydrazone groups is 1. The summed E-state index contributed by atoms with van der Waals surface area (Å²) in [4.78, 5) is 24.0. The highest BCUT2D eigenvalue weighted by atomic mass is 79.9. The van der Waals surface area contributed by atoms with Gasteiger partial charge in [-0.25, -0.2) is 5.43 Å². The summed E-state index contributed by atoms with van der Waals surface area (Å²) in [6, 6.07) is 16.4. The lowest BCUT2D eigenvalue weighted by atomic mass is 10.1. The van der Waals surface area contributed by atoms with Gasteiger partial charge >= 0.3 is 6.18 Å². The van der Waals surface area contributed by atoms with E-state index in [4.69, 9.17) is 14.7 Å². The summed E-state index contributed by atoms with van der Waals surface area (Å²) in [7, 11) is 1.46. The number of hydrogen-bond donors (Lipinski definition) is 2. The Morgan fingerprint density at radius 2 is 1.84 bits per heavy atom. The van der Waals surface area contributed by atoms with Crippen molar-refractivity contribution in [3.63, 3.8) is 0 Å². The van der Waals surface area contributed by atoms with Gasteiger partial charge in [-0.05, 0) is 69.5 Å². The number of anilines is 1. The first-order chi connectivity index (χ1) is 18.1. The van der Waals surface area contributed by atoms with Crippen LogP contribution in [-0.4, -0.2) is 25.1 Å². The number of methoxy groups -OCH3 is 1. The van der Waals surface area contributed by atoms with Gasteiger partial charge in [-0.2, -0.15) is 23.5 Å². The number of carbonyl (C=O) groups is 2. The molecule has 0 unspecified atom stereocenters. The molecule has 2 amide bonds. The average molecular weight is 589 g/mol. The van der Waals surface area contributed by atoms with Crippen LogP contribution in [0.5, 0.6) is 11.5 Å². The SMILES string of the molecule is COc1cc(C=NNC(=O)CC(=O)Nc2cccc(C(F)(F)F)c2)cc(Br)c1OCc1ccc(C#N)cc1. The summed E-state index contributed by atoms with van der Waals surface area (Å²) in [6.07, 6.45) is -3.89. The van der Waals surface area contributed by atoms with Crippen LogP contribution in [0.25, 0.3) is 0 Å². The minimum absolute atomic E-state index is 0.0837. The summed E-state index contributed by atoms with van der Waals surface area (Å²) in [6.45, 7) is 0.229.